The van der Waals surface area contributed by atoms with E-state index in [-0.39, 0.29) is 11.3 Å². The molecule has 0 N–H and O–H groups in total. The van der Waals surface area contributed by atoms with Crippen molar-refractivity contribution >= 4 is 41.2 Å². The van der Waals surface area contributed by atoms with E-state index in [1.807, 2.05) is 0 Å². The van der Waals surface area contributed by atoms with E-state index in [1.54, 1.807) is 30.3 Å². The number of hydrogen-bond acceptors (Lipinski definition) is 4. The lowest BCUT2D eigenvalue weighted by atomic mass is 10.2. The van der Waals surface area contributed by atoms with Gasteiger partial charge in [-0.15, -0.1) is 0 Å². The Hall–Kier alpha value is -2.30. The zero-order valence-corrected chi connectivity index (χ0v) is 13.6. The first-order valence-corrected chi connectivity index (χ1v) is 7.28. The van der Waals surface area contributed by atoms with Crippen LogP contribution in [-0.4, -0.2) is 19.0 Å². The lowest BCUT2D eigenvalue weighted by molar-refractivity contribution is -0.128. The monoisotopic (exact) mass is 350 g/mol. The van der Waals surface area contributed by atoms with Crippen LogP contribution >= 0.6 is 23.2 Å². The van der Waals surface area contributed by atoms with Gasteiger partial charge < -0.3 is 9.47 Å². The maximum absolute atomic E-state index is 11.9. The molecule has 0 aromatic heterocycles. The predicted octanol–water partition coefficient (Wildman–Crippen LogP) is 4.40. The van der Waals surface area contributed by atoms with E-state index >= 15 is 0 Å². The second kappa shape index (κ2) is 7.81. The smallest absolute Gasteiger partial charge is 0.341 e. The van der Waals surface area contributed by atoms with Gasteiger partial charge in [0, 0.05) is 16.1 Å². The van der Waals surface area contributed by atoms with Gasteiger partial charge >= 0.3 is 11.9 Å². The number of benzene rings is 2. The molecule has 0 radical (unpaired) electrons. The molecule has 6 heteroatoms. The van der Waals surface area contributed by atoms with Gasteiger partial charge in [0.2, 0.25) is 0 Å². The van der Waals surface area contributed by atoms with Crippen LogP contribution in [0.5, 0.6) is 5.75 Å². The highest BCUT2D eigenvalue weighted by molar-refractivity contribution is 6.31. The van der Waals surface area contributed by atoms with E-state index in [4.69, 9.17) is 27.9 Å². The zero-order valence-electron chi connectivity index (χ0n) is 12.1. The van der Waals surface area contributed by atoms with Gasteiger partial charge in [-0.3, -0.25) is 0 Å². The number of carbonyl (C=O) groups excluding carboxylic acids is 2. The fourth-order valence-electron chi connectivity index (χ4n) is 1.74. The summed E-state index contributed by atoms with van der Waals surface area (Å²) in [7, 11) is 1.23. The van der Waals surface area contributed by atoms with Crippen LogP contribution in [0, 0.1) is 0 Å². The lowest BCUT2D eigenvalue weighted by Crippen LogP contribution is -2.09. The maximum Gasteiger partial charge on any atom is 0.341 e. The fourth-order valence-corrected chi connectivity index (χ4v) is 2.04. The molecule has 0 aliphatic carbocycles. The predicted molar refractivity (Wildman–Crippen MR) is 88.9 cm³/mol. The molecule has 0 aliphatic heterocycles. The first-order valence-electron chi connectivity index (χ1n) is 6.53. The summed E-state index contributed by atoms with van der Waals surface area (Å²) >= 11 is 11.6. The minimum Gasteiger partial charge on any atom is -0.465 e. The van der Waals surface area contributed by atoms with Crippen LogP contribution in [0.2, 0.25) is 10.0 Å². The summed E-state index contributed by atoms with van der Waals surface area (Å²) in [5.74, 6) is -1.20. The highest BCUT2D eigenvalue weighted by atomic mass is 35.5. The standard InChI is InChI=1S/C17H12Cl2O4/c1-22-17(21)14-10-13(19)7-8-15(14)23-16(20)9-4-11-2-5-12(18)6-3-11/h2-10H,1H3/b9-4+. The van der Waals surface area contributed by atoms with Crippen molar-refractivity contribution in [2.45, 2.75) is 0 Å². The van der Waals surface area contributed by atoms with Crippen molar-refractivity contribution in [1.29, 1.82) is 0 Å². The van der Waals surface area contributed by atoms with Crippen LogP contribution in [0.3, 0.4) is 0 Å². The summed E-state index contributed by atoms with van der Waals surface area (Å²) in [5, 5.41) is 0.940. The van der Waals surface area contributed by atoms with Gasteiger partial charge in [0.1, 0.15) is 11.3 Å². The average molecular weight is 351 g/mol. The van der Waals surface area contributed by atoms with Crippen molar-refractivity contribution in [3.63, 3.8) is 0 Å². The van der Waals surface area contributed by atoms with Crippen molar-refractivity contribution in [2.24, 2.45) is 0 Å². The summed E-state index contributed by atoms with van der Waals surface area (Å²) in [6, 6.07) is 11.3. The first-order chi connectivity index (χ1) is 11.0. The van der Waals surface area contributed by atoms with Crippen LogP contribution in [0.25, 0.3) is 6.08 Å². The molecule has 118 valence electrons. The summed E-state index contributed by atoms with van der Waals surface area (Å²) < 4.78 is 9.79. The van der Waals surface area contributed by atoms with Crippen LogP contribution in [0.15, 0.2) is 48.5 Å². The van der Waals surface area contributed by atoms with E-state index in [9.17, 15) is 9.59 Å². The zero-order chi connectivity index (χ0) is 16.8. The number of hydrogen-bond donors (Lipinski definition) is 0. The third kappa shape index (κ3) is 4.84. The largest absolute Gasteiger partial charge is 0.465 e. The molecule has 0 aliphatic rings. The molecule has 2 aromatic rings. The molecule has 23 heavy (non-hydrogen) atoms. The number of ether oxygens (including phenoxy) is 2. The average Bonchev–Trinajstić information content (AvgIpc) is 2.55. The summed E-state index contributed by atoms with van der Waals surface area (Å²) in [6.07, 6.45) is 2.82. The van der Waals surface area contributed by atoms with Crippen LogP contribution in [0.4, 0.5) is 0 Å². The fraction of sp³-hybridized carbons (Fsp3) is 0.0588. The second-order valence-electron chi connectivity index (χ2n) is 4.44. The van der Waals surface area contributed by atoms with Crippen molar-refractivity contribution in [2.75, 3.05) is 7.11 Å². The van der Waals surface area contributed by atoms with Gasteiger partial charge in [0.25, 0.3) is 0 Å². The second-order valence-corrected chi connectivity index (χ2v) is 5.31. The van der Waals surface area contributed by atoms with E-state index in [1.165, 1.54) is 31.4 Å². The van der Waals surface area contributed by atoms with Gasteiger partial charge in [0.15, 0.2) is 0 Å². The Kier molecular flexibility index (Phi) is 5.79. The molecule has 2 rings (SSSR count). The molecular formula is C17H12Cl2O4. The topological polar surface area (TPSA) is 52.6 Å². The van der Waals surface area contributed by atoms with Gasteiger partial charge in [-0.05, 0) is 42.0 Å². The highest BCUT2D eigenvalue weighted by Gasteiger charge is 2.15. The highest BCUT2D eigenvalue weighted by Crippen LogP contribution is 2.24. The first kappa shape index (κ1) is 17.1. The Morgan fingerprint density at radius 1 is 1.00 bits per heavy atom. The van der Waals surface area contributed by atoms with Crippen molar-refractivity contribution in [3.8, 4) is 5.75 Å². The lowest BCUT2D eigenvalue weighted by Gasteiger charge is -2.07. The molecule has 0 unspecified atom stereocenters. The molecule has 0 heterocycles. The Morgan fingerprint density at radius 2 is 1.65 bits per heavy atom. The molecule has 0 atom stereocenters. The summed E-state index contributed by atoms with van der Waals surface area (Å²) in [6.45, 7) is 0. The van der Waals surface area contributed by atoms with Crippen molar-refractivity contribution in [3.05, 3.63) is 69.7 Å². The molecule has 0 saturated heterocycles. The van der Waals surface area contributed by atoms with Gasteiger partial charge in [-0.25, -0.2) is 9.59 Å². The number of carbonyl (C=O) groups is 2. The van der Waals surface area contributed by atoms with Crippen molar-refractivity contribution < 1.29 is 19.1 Å². The molecule has 0 saturated carbocycles. The van der Waals surface area contributed by atoms with Crippen molar-refractivity contribution in [1.82, 2.24) is 0 Å². The SMILES string of the molecule is COC(=O)c1cc(Cl)ccc1OC(=O)/C=C/c1ccc(Cl)cc1. The Balaban J connectivity index is 2.14. The van der Waals surface area contributed by atoms with Gasteiger partial charge in [-0.2, -0.15) is 0 Å². The van der Waals surface area contributed by atoms with Crippen LogP contribution in [0.1, 0.15) is 15.9 Å². The van der Waals surface area contributed by atoms with Gasteiger partial charge in [-0.1, -0.05) is 35.3 Å². The van der Waals surface area contributed by atoms with Crippen LogP contribution < -0.4 is 4.74 Å². The van der Waals surface area contributed by atoms with E-state index in [2.05, 4.69) is 4.74 Å². The molecule has 2 aromatic carbocycles. The van der Waals surface area contributed by atoms with E-state index in [0.29, 0.717) is 10.0 Å². The molecule has 4 nitrogen and oxygen atoms in total. The number of methoxy groups -OCH3 is 1. The molecule has 0 bridgehead atoms. The summed E-state index contributed by atoms with van der Waals surface area (Å²) in [4.78, 5) is 23.6. The minimum absolute atomic E-state index is 0.0759. The van der Waals surface area contributed by atoms with E-state index < -0.39 is 11.9 Å². The molecule has 0 amide bonds. The quantitative estimate of drug-likeness (QED) is 0.465. The van der Waals surface area contributed by atoms with Gasteiger partial charge in [0.05, 0.1) is 7.11 Å². The number of halogens is 2. The van der Waals surface area contributed by atoms with E-state index in [0.717, 1.165) is 5.56 Å². The normalized spacial score (nSPS) is 10.6. The third-order valence-corrected chi connectivity index (χ3v) is 3.33. The number of esters is 2. The Bertz CT molecular complexity index is 752. The summed E-state index contributed by atoms with van der Waals surface area (Å²) in [5.41, 5.74) is 0.865. The Morgan fingerprint density at radius 3 is 2.30 bits per heavy atom. The molecular weight excluding hydrogens is 339 g/mol. The van der Waals surface area contributed by atoms with Crippen LogP contribution in [-0.2, 0) is 9.53 Å². The molecule has 0 spiro atoms. The Labute approximate surface area is 143 Å². The third-order valence-electron chi connectivity index (χ3n) is 2.84. The maximum atomic E-state index is 11.9. The number of rotatable bonds is 4. The molecule has 0 fully saturated rings. The minimum atomic E-state index is -0.642.